The van der Waals surface area contributed by atoms with Crippen LogP contribution < -0.4 is 11.1 Å². The second kappa shape index (κ2) is 8.11. The molecule has 1 aliphatic heterocycles. The zero-order valence-corrected chi connectivity index (χ0v) is 17.0. The summed E-state index contributed by atoms with van der Waals surface area (Å²) in [6.07, 6.45) is 5.62. The molecule has 0 spiro atoms. The normalized spacial score (nSPS) is 16.1. The predicted octanol–water partition coefficient (Wildman–Crippen LogP) is 3.50. The number of aromatic nitrogens is 3. The van der Waals surface area contributed by atoms with Crippen molar-refractivity contribution in [3.63, 3.8) is 0 Å². The summed E-state index contributed by atoms with van der Waals surface area (Å²) in [5.74, 6) is 1.56. The molecule has 1 aliphatic rings. The summed E-state index contributed by atoms with van der Waals surface area (Å²) in [6.45, 7) is 6.53. The monoisotopic (exact) mass is 392 g/mol. The van der Waals surface area contributed by atoms with Crippen LogP contribution in [0.5, 0.6) is 0 Å². The molecule has 0 saturated carbocycles. The van der Waals surface area contributed by atoms with Gasteiger partial charge >= 0.3 is 6.03 Å². The maximum Gasteiger partial charge on any atom is 0.317 e. The van der Waals surface area contributed by atoms with E-state index >= 15 is 0 Å². The average molecular weight is 393 g/mol. The second-order valence-electron chi connectivity index (χ2n) is 7.90. The van der Waals surface area contributed by atoms with Gasteiger partial charge in [-0.3, -0.25) is 4.98 Å². The topological polar surface area (TPSA) is 89.1 Å². The molecule has 3 heterocycles. The number of imidazole rings is 1. The Kier molecular flexibility index (Phi) is 5.38. The van der Waals surface area contributed by atoms with Crippen LogP contribution in [-0.4, -0.2) is 38.6 Å². The molecular formula is C22H28N6O. The first-order valence-electron chi connectivity index (χ1n) is 10.2. The van der Waals surface area contributed by atoms with Crippen molar-refractivity contribution >= 4 is 22.8 Å². The Morgan fingerprint density at radius 2 is 1.97 bits per heavy atom. The number of piperidine rings is 1. The van der Waals surface area contributed by atoms with E-state index in [2.05, 4.69) is 19.9 Å². The molecule has 1 saturated heterocycles. The van der Waals surface area contributed by atoms with Gasteiger partial charge in [0.1, 0.15) is 11.3 Å². The Bertz CT molecular complexity index is 988. The lowest BCUT2D eigenvalue weighted by Gasteiger charge is -2.33. The summed E-state index contributed by atoms with van der Waals surface area (Å²) in [5, 5.41) is 3.10. The Balaban J connectivity index is 1.32. The van der Waals surface area contributed by atoms with E-state index in [1.54, 1.807) is 0 Å². The van der Waals surface area contributed by atoms with E-state index < -0.39 is 0 Å². The fourth-order valence-corrected chi connectivity index (χ4v) is 4.05. The van der Waals surface area contributed by atoms with Gasteiger partial charge in [-0.05, 0) is 56.4 Å². The number of pyridine rings is 1. The van der Waals surface area contributed by atoms with Gasteiger partial charge in [0.15, 0.2) is 0 Å². The van der Waals surface area contributed by atoms with E-state index in [-0.39, 0.29) is 12.1 Å². The minimum Gasteiger partial charge on any atom is -0.399 e. The first-order valence-corrected chi connectivity index (χ1v) is 10.2. The molecule has 1 atom stereocenters. The Morgan fingerprint density at radius 1 is 1.24 bits per heavy atom. The van der Waals surface area contributed by atoms with Crippen LogP contribution in [0.25, 0.3) is 11.0 Å². The maximum absolute atomic E-state index is 12.7. The van der Waals surface area contributed by atoms with Crippen molar-refractivity contribution in [1.29, 1.82) is 0 Å². The van der Waals surface area contributed by atoms with Crippen LogP contribution >= 0.6 is 0 Å². The highest BCUT2D eigenvalue weighted by Gasteiger charge is 2.25. The molecule has 29 heavy (non-hydrogen) atoms. The Hall–Kier alpha value is -3.09. The highest BCUT2D eigenvalue weighted by molar-refractivity contribution is 5.75. The minimum absolute atomic E-state index is 0.00288. The first-order chi connectivity index (χ1) is 14.0. The van der Waals surface area contributed by atoms with Gasteiger partial charge in [0, 0.05) is 31.5 Å². The lowest BCUT2D eigenvalue weighted by Crippen LogP contribution is -2.45. The number of nitrogen functional groups attached to an aromatic ring is 1. The van der Waals surface area contributed by atoms with Crippen LogP contribution in [-0.2, 0) is 6.54 Å². The molecule has 7 nitrogen and oxygen atoms in total. The van der Waals surface area contributed by atoms with Gasteiger partial charge in [0.2, 0.25) is 0 Å². The molecule has 2 amide bonds. The molecule has 0 radical (unpaired) electrons. The fraction of sp³-hybridized carbons (Fsp3) is 0.409. The number of benzene rings is 1. The second-order valence-corrected chi connectivity index (χ2v) is 7.90. The number of amides is 2. The first kappa shape index (κ1) is 19.2. The molecule has 3 N–H and O–H groups in total. The van der Waals surface area contributed by atoms with Crippen LogP contribution in [0.3, 0.4) is 0 Å². The number of urea groups is 1. The minimum atomic E-state index is -0.0469. The number of nitrogens with zero attached hydrogens (tertiary/aromatic N) is 4. The molecule has 2 aromatic heterocycles. The molecule has 3 aromatic rings. The van der Waals surface area contributed by atoms with Gasteiger partial charge in [-0.2, -0.15) is 0 Å². The fourth-order valence-electron chi connectivity index (χ4n) is 4.05. The quantitative estimate of drug-likeness (QED) is 0.665. The van der Waals surface area contributed by atoms with E-state index in [0.717, 1.165) is 60.6 Å². The lowest BCUT2D eigenvalue weighted by molar-refractivity contribution is 0.163. The van der Waals surface area contributed by atoms with Gasteiger partial charge in [0.25, 0.3) is 0 Å². The number of nitrogens with two attached hydrogens (primary N) is 1. The summed E-state index contributed by atoms with van der Waals surface area (Å²) in [6, 6.07) is 9.62. The molecule has 1 fully saturated rings. The van der Waals surface area contributed by atoms with E-state index in [0.29, 0.717) is 5.92 Å². The Labute approximate surface area is 170 Å². The van der Waals surface area contributed by atoms with Gasteiger partial charge in [-0.15, -0.1) is 0 Å². The highest BCUT2D eigenvalue weighted by Crippen LogP contribution is 2.23. The number of likely N-dealkylation sites (tertiary alicyclic amines) is 1. The van der Waals surface area contributed by atoms with Gasteiger partial charge in [0.05, 0.1) is 17.8 Å². The van der Waals surface area contributed by atoms with Crippen LogP contribution in [0, 0.1) is 12.8 Å². The number of anilines is 1. The van der Waals surface area contributed by atoms with Gasteiger partial charge in [-0.25, -0.2) is 9.78 Å². The molecule has 0 aliphatic carbocycles. The number of hydrogen-bond donors (Lipinski definition) is 2. The van der Waals surface area contributed by atoms with E-state index in [1.807, 2.05) is 61.5 Å². The van der Waals surface area contributed by atoms with Crippen molar-refractivity contribution in [3.8, 4) is 0 Å². The van der Waals surface area contributed by atoms with Crippen molar-refractivity contribution in [2.75, 3.05) is 18.8 Å². The summed E-state index contributed by atoms with van der Waals surface area (Å²) < 4.78 is 2.28. The SMILES string of the molecule is Cc1nc2cnccc2n1CC1CCN(C(=O)NC(C)c2ccc(N)cc2)CC1. The number of hydrogen-bond acceptors (Lipinski definition) is 4. The third-order valence-electron chi connectivity index (χ3n) is 5.86. The molecular weight excluding hydrogens is 364 g/mol. The van der Waals surface area contributed by atoms with Crippen LogP contribution in [0.4, 0.5) is 10.5 Å². The lowest BCUT2D eigenvalue weighted by atomic mass is 9.96. The summed E-state index contributed by atoms with van der Waals surface area (Å²) in [7, 11) is 0. The zero-order chi connectivity index (χ0) is 20.4. The molecule has 152 valence electrons. The number of fused-ring (bicyclic) bond motifs is 1. The largest absolute Gasteiger partial charge is 0.399 e. The number of carbonyl (C=O) groups excluding carboxylic acids is 1. The van der Waals surface area contributed by atoms with Crippen molar-refractivity contribution < 1.29 is 4.79 Å². The van der Waals surface area contributed by atoms with Crippen molar-refractivity contribution in [1.82, 2.24) is 24.8 Å². The number of nitrogens with one attached hydrogen (secondary N) is 1. The summed E-state index contributed by atoms with van der Waals surface area (Å²) >= 11 is 0. The van der Waals surface area contributed by atoms with E-state index in [4.69, 9.17) is 5.73 Å². The van der Waals surface area contributed by atoms with E-state index in [1.165, 1.54) is 0 Å². The van der Waals surface area contributed by atoms with Gasteiger partial charge in [-0.1, -0.05) is 12.1 Å². The zero-order valence-electron chi connectivity index (χ0n) is 17.0. The number of aryl methyl sites for hydroxylation is 1. The number of carbonyl (C=O) groups is 1. The average Bonchev–Trinajstić information content (AvgIpc) is 3.04. The highest BCUT2D eigenvalue weighted by atomic mass is 16.2. The van der Waals surface area contributed by atoms with Gasteiger partial charge < -0.3 is 20.5 Å². The molecule has 7 heteroatoms. The molecule has 1 aromatic carbocycles. The van der Waals surface area contributed by atoms with Crippen LogP contribution in [0.15, 0.2) is 42.7 Å². The van der Waals surface area contributed by atoms with Crippen LogP contribution in [0.1, 0.15) is 37.2 Å². The third-order valence-corrected chi connectivity index (χ3v) is 5.86. The van der Waals surface area contributed by atoms with Crippen molar-refractivity contribution in [3.05, 3.63) is 54.1 Å². The van der Waals surface area contributed by atoms with Crippen molar-refractivity contribution in [2.24, 2.45) is 5.92 Å². The smallest absolute Gasteiger partial charge is 0.317 e. The summed E-state index contributed by atoms with van der Waals surface area (Å²) in [5.41, 5.74) is 9.60. The Morgan fingerprint density at radius 3 is 2.69 bits per heavy atom. The molecule has 1 unspecified atom stereocenters. The van der Waals surface area contributed by atoms with Crippen molar-refractivity contribution in [2.45, 2.75) is 39.3 Å². The molecule has 0 bridgehead atoms. The van der Waals surface area contributed by atoms with Crippen LogP contribution in [0.2, 0.25) is 0 Å². The summed E-state index contributed by atoms with van der Waals surface area (Å²) in [4.78, 5) is 23.4. The predicted molar refractivity (Wildman–Crippen MR) is 114 cm³/mol. The maximum atomic E-state index is 12.7. The standard InChI is InChI=1S/C22H28N6O/c1-15(18-3-5-19(23)6-4-18)25-22(29)27-11-8-17(9-12-27)14-28-16(2)26-20-13-24-10-7-21(20)28/h3-7,10,13,15,17H,8-9,11-12,14,23H2,1-2H3,(H,25,29). The number of rotatable bonds is 4. The molecule has 4 rings (SSSR count). The van der Waals surface area contributed by atoms with E-state index in [9.17, 15) is 4.79 Å². The third kappa shape index (κ3) is 4.18.